The molecule has 92 valence electrons. The Balaban J connectivity index is 2.19. The van der Waals surface area contributed by atoms with Crippen molar-refractivity contribution >= 4 is 5.97 Å². The van der Waals surface area contributed by atoms with E-state index < -0.39 is 5.97 Å². The lowest BCUT2D eigenvalue weighted by molar-refractivity contribution is -0.131. The van der Waals surface area contributed by atoms with Gasteiger partial charge >= 0.3 is 11.7 Å². The first-order chi connectivity index (χ1) is 8.18. The Morgan fingerprint density at radius 2 is 2.24 bits per heavy atom. The number of carbonyl (C=O) groups is 1. The summed E-state index contributed by atoms with van der Waals surface area (Å²) in [6.45, 7) is 0.932. The topological polar surface area (TPSA) is 77.1 Å². The Hall–Kier alpha value is -1.85. The number of fused-ring (bicyclic) bond motifs is 1. The molecule has 0 saturated heterocycles. The van der Waals surface area contributed by atoms with Crippen LogP contribution in [0.4, 0.5) is 0 Å². The number of nitrogens with zero attached hydrogens (tertiary/aromatic N) is 3. The highest BCUT2D eigenvalue weighted by atomic mass is 16.4. The second-order valence-corrected chi connectivity index (χ2v) is 4.08. The van der Waals surface area contributed by atoms with E-state index in [0.717, 1.165) is 44.1 Å². The molecule has 0 fully saturated rings. The van der Waals surface area contributed by atoms with E-state index in [9.17, 15) is 9.59 Å². The average Bonchev–Trinajstić information content (AvgIpc) is 2.49. The van der Waals surface area contributed by atoms with E-state index in [-0.39, 0.29) is 12.2 Å². The molecule has 6 heteroatoms. The molecule has 1 aliphatic rings. The maximum Gasteiger partial charge on any atom is 0.346 e. The van der Waals surface area contributed by atoms with E-state index in [1.807, 2.05) is 0 Å². The van der Waals surface area contributed by atoms with Gasteiger partial charge in [-0.3, -0.25) is 4.57 Å². The van der Waals surface area contributed by atoms with Crippen molar-refractivity contribution in [3.63, 3.8) is 0 Å². The fraction of sp³-hybridized carbons (Fsp3) is 0.545. The average molecular weight is 237 g/mol. The van der Waals surface area contributed by atoms with Gasteiger partial charge in [-0.2, -0.15) is 5.10 Å². The number of carboxylic acids is 1. The van der Waals surface area contributed by atoms with Gasteiger partial charge in [-0.15, -0.1) is 0 Å². The fourth-order valence-corrected chi connectivity index (χ4v) is 2.00. The normalized spacial score (nSPS) is 15.8. The highest BCUT2D eigenvalue weighted by Gasteiger charge is 2.14. The molecule has 0 atom stereocenters. The Morgan fingerprint density at radius 1 is 1.41 bits per heavy atom. The molecule has 0 aliphatic carbocycles. The molecule has 0 spiro atoms. The van der Waals surface area contributed by atoms with Crippen molar-refractivity contribution in [2.24, 2.45) is 0 Å². The first kappa shape index (κ1) is 11.6. The van der Waals surface area contributed by atoms with Crippen molar-refractivity contribution in [3.05, 3.63) is 28.5 Å². The monoisotopic (exact) mass is 237 g/mol. The fourth-order valence-electron chi connectivity index (χ4n) is 2.00. The van der Waals surface area contributed by atoms with Crippen molar-refractivity contribution < 1.29 is 9.90 Å². The van der Waals surface area contributed by atoms with Gasteiger partial charge in [-0.25, -0.2) is 14.3 Å². The number of rotatable bonds is 3. The number of hydrogen-bond acceptors (Lipinski definition) is 3. The van der Waals surface area contributed by atoms with Gasteiger partial charge in [0.25, 0.3) is 0 Å². The van der Waals surface area contributed by atoms with Crippen molar-refractivity contribution in [2.75, 3.05) is 0 Å². The number of allylic oxidation sites excluding steroid dienone is 1. The number of aliphatic carboxylic acids is 1. The first-order valence-corrected chi connectivity index (χ1v) is 5.74. The van der Waals surface area contributed by atoms with Crippen LogP contribution in [0.5, 0.6) is 0 Å². The second-order valence-electron chi connectivity index (χ2n) is 4.08. The lowest BCUT2D eigenvalue weighted by Gasteiger charge is -1.96. The second kappa shape index (κ2) is 4.99. The van der Waals surface area contributed by atoms with Crippen molar-refractivity contribution in [2.45, 2.75) is 38.8 Å². The molecule has 1 aliphatic heterocycles. The van der Waals surface area contributed by atoms with Gasteiger partial charge in [0.05, 0.1) is 6.54 Å². The van der Waals surface area contributed by atoms with Gasteiger partial charge in [0.2, 0.25) is 0 Å². The number of aromatic nitrogens is 3. The molecular formula is C11H15N3O3. The van der Waals surface area contributed by atoms with Crippen LogP contribution in [0.2, 0.25) is 0 Å². The maximum absolute atomic E-state index is 11.9. The SMILES string of the molecule is O=C(O)C=CCn1nc2n(c1=O)CCCCC2. The van der Waals surface area contributed by atoms with Crippen LogP contribution in [0.15, 0.2) is 16.9 Å². The van der Waals surface area contributed by atoms with E-state index in [0.29, 0.717) is 0 Å². The van der Waals surface area contributed by atoms with E-state index in [1.165, 1.54) is 10.8 Å². The summed E-state index contributed by atoms with van der Waals surface area (Å²) in [6.07, 6.45) is 6.46. The van der Waals surface area contributed by atoms with E-state index >= 15 is 0 Å². The molecule has 0 amide bonds. The third-order valence-electron chi connectivity index (χ3n) is 2.82. The largest absolute Gasteiger partial charge is 0.478 e. The Kier molecular flexibility index (Phi) is 3.41. The zero-order valence-corrected chi connectivity index (χ0v) is 9.50. The van der Waals surface area contributed by atoms with Gasteiger partial charge in [-0.1, -0.05) is 12.5 Å². The lowest BCUT2D eigenvalue weighted by atomic mass is 10.2. The zero-order chi connectivity index (χ0) is 12.3. The molecule has 2 heterocycles. The molecular weight excluding hydrogens is 222 g/mol. The van der Waals surface area contributed by atoms with Gasteiger partial charge in [0.15, 0.2) is 0 Å². The minimum atomic E-state index is -1.01. The number of hydrogen-bond donors (Lipinski definition) is 1. The Labute approximate surface area is 98.2 Å². The molecule has 0 unspecified atom stereocenters. The Morgan fingerprint density at radius 3 is 3.00 bits per heavy atom. The number of aryl methyl sites for hydroxylation is 1. The van der Waals surface area contributed by atoms with Crippen LogP contribution in [-0.4, -0.2) is 25.4 Å². The minimum Gasteiger partial charge on any atom is -0.478 e. The molecule has 2 rings (SSSR count). The van der Waals surface area contributed by atoms with Gasteiger partial charge in [0, 0.05) is 19.0 Å². The molecule has 0 aromatic carbocycles. The van der Waals surface area contributed by atoms with E-state index in [2.05, 4.69) is 5.10 Å². The van der Waals surface area contributed by atoms with Crippen LogP contribution in [0.1, 0.15) is 25.1 Å². The van der Waals surface area contributed by atoms with Crippen molar-refractivity contribution in [1.29, 1.82) is 0 Å². The van der Waals surface area contributed by atoms with Crippen LogP contribution < -0.4 is 5.69 Å². The summed E-state index contributed by atoms with van der Waals surface area (Å²) >= 11 is 0. The van der Waals surface area contributed by atoms with Crippen LogP contribution in [0.3, 0.4) is 0 Å². The van der Waals surface area contributed by atoms with Crippen molar-refractivity contribution in [3.8, 4) is 0 Å². The molecule has 17 heavy (non-hydrogen) atoms. The molecule has 0 radical (unpaired) electrons. The van der Waals surface area contributed by atoms with E-state index in [4.69, 9.17) is 5.11 Å². The highest BCUT2D eigenvalue weighted by molar-refractivity contribution is 5.79. The predicted molar refractivity (Wildman–Crippen MR) is 60.8 cm³/mol. The van der Waals surface area contributed by atoms with Crippen LogP contribution in [-0.2, 0) is 24.3 Å². The summed E-state index contributed by atoms with van der Waals surface area (Å²) < 4.78 is 3.02. The summed E-state index contributed by atoms with van der Waals surface area (Å²) in [5, 5.41) is 12.7. The molecule has 1 aromatic heterocycles. The summed E-state index contributed by atoms with van der Waals surface area (Å²) in [4.78, 5) is 22.2. The van der Waals surface area contributed by atoms with Crippen molar-refractivity contribution in [1.82, 2.24) is 14.3 Å². The van der Waals surface area contributed by atoms with Gasteiger partial charge < -0.3 is 5.11 Å². The van der Waals surface area contributed by atoms with Gasteiger partial charge in [0.1, 0.15) is 5.82 Å². The van der Waals surface area contributed by atoms with Crippen LogP contribution in [0, 0.1) is 0 Å². The molecule has 0 saturated carbocycles. The standard InChI is InChI=1S/C11H15N3O3/c15-10(16)6-4-8-14-11(17)13-7-3-1-2-5-9(13)12-14/h4,6H,1-3,5,7-8H2,(H,15,16). The quantitative estimate of drug-likeness (QED) is 0.772. The smallest absolute Gasteiger partial charge is 0.346 e. The summed E-state index contributed by atoms with van der Waals surface area (Å²) in [6, 6.07) is 0. The zero-order valence-electron chi connectivity index (χ0n) is 9.50. The summed E-state index contributed by atoms with van der Waals surface area (Å²) in [7, 11) is 0. The summed E-state index contributed by atoms with van der Waals surface area (Å²) in [5.74, 6) is -0.199. The summed E-state index contributed by atoms with van der Waals surface area (Å²) in [5.41, 5.74) is -0.142. The number of carboxylic acid groups (broad SMARTS) is 1. The molecule has 1 N–H and O–H groups in total. The molecule has 0 bridgehead atoms. The highest BCUT2D eigenvalue weighted by Crippen LogP contribution is 2.10. The first-order valence-electron chi connectivity index (χ1n) is 5.74. The molecule has 6 nitrogen and oxygen atoms in total. The third kappa shape index (κ3) is 2.64. The predicted octanol–water partition coefficient (Wildman–Crippen LogP) is 0.412. The Bertz CT molecular complexity index is 499. The molecule has 1 aromatic rings. The lowest BCUT2D eigenvalue weighted by Crippen LogP contribution is -2.25. The third-order valence-corrected chi connectivity index (χ3v) is 2.82. The van der Waals surface area contributed by atoms with Gasteiger partial charge in [-0.05, 0) is 12.8 Å². The maximum atomic E-state index is 11.9. The van der Waals surface area contributed by atoms with Crippen LogP contribution >= 0.6 is 0 Å². The minimum absolute atomic E-state index is 0.142. The van der Waals surface area contributed by atoms with Crippen LogP contribution in [0.25, 0.3) is 0 Å². The van der Waals surface area contributed by atoms with E-state index in [1.54, 1.807) is 4.57 Å².